The zero-order chi connectivity index (χ0) is 17.4. The third-order valence-corrected chi connectivity index (χ3v) is 3.83. The van der Waals surface area contributed by atoms with E-state index in [9.17, 15) is 4.79 Å². The summed E-state index contributed by atoms with van der Waals surface area (Å²) in [6.45, 7) is 3.63. The predicted octanol–water partition coefficient (Wildman–Crippen LogP) is 3.47. The number of amides is 1. The molecule has 0 bridgehead atoms. The van der Waals surface area contributed by atoms with Crippen LogP contribution in [0.3, 0.4) is 0 Å². The molecule has 0 radical (unpaired) electrons. The van der Waals surface area contributed by atoms with Gasteiger partial charge in [0.05, 0.1) is 17.5 Å². The number of anilines is 2. The number of carbonyl (C=O) groups excluding carboxylic acids is 1. The Morgan fingerprint density at radius 2 is 2.25 bits per heavy atom. The second-order valence-electron chi connectivity index (χ2n) is 5.48. The van der Waals surface area contributed by atoms with Crippen LogP contribution in [0.4, 0.5) is 11.4 Å². The molecule has 1 aromatic carbocycles. The van der Waals surface area contributed by atoms with Gasteiger partial charge in [-0.1, -0.05) is 43.0 Å². The lowest BCUT2D eigenvalue weighted by Gasteiger charge is -2.21. The van der Waals surface area contributed by atoms with Gasteiger partial charge in [-0.2, -0.15) is 0 Å². The fourth-order valence-corrected chi connectivity index (χ4v) is 2.56. The van der Waals surface area contributed by atoms with Gasteiger partial charge < -0.3 is 10.2 Å². The summed E-state index contributed by atoms with van der Waals surface area (Å²) in [5, 5.41) is 12.0. The van der Waals surface area contributed by atoms with Crippen molar-refractivity contribution in [2.24, 2.45) is 0 Å². The van der Waals surface area contributed by atoms with Gasteiger partial charge in [0.25, 0.3) is 5.91 Å². The average Bonchev–Trinajstić information content (AvgIpc) is 2.91. The highest BCUT2D eigenvalue weighted by Crippen LogP contribution is 2.35. The van der Waals surface area contributed by atoms with Crippen LogP contribution >= 0.6 is 0 Å². The summed E-state index contributed by atoms with van der Waals surface area (Å²) in [5.74, 6) is -0.544. The molecule has 1 aliphatic rings. The van der Waals surface area contributed by atoms with E-state index in [1.54, 1.807) is 17.6 Å². The number of allylic oxidation sites excluding steroid dienone is 5. The summed E-state index contributed by atoms with van der Waals surface area (Å²) in [5.41, 5.74) is 4.67. The van der Waals surface area contributed by atoms with E-state index in [2.05, 4.69) is 29.9 Å². The van der Waals surface area contributed by atoms with Crippen LogP contribution in [0.25, 0.3) is 6.08 Å². The number of fused-ring (bicyclic) bond motifs is 1. The summed E-state index contributed by atoms with van der Waals surface area (Å²) >= 11 is 0. The van der Waals surface area contributed by atoms with E-state index in [0.717, 1.165) is 29.8 Å². The van der Waals surface area contributed by atoms with Gasteiger partial charge in [0.1, 0.15) is 0 Å². The third-order valence-electron chi connectivity index (χ3n) is 3.83. The quantitative estimate of drug-likeness (QED) is 0.311. The Balaban J connectivity index is 1.97. The number of hydrogen-bond acceptors (Lipinski definition) is 4. The Hall–Kier alpha value is -2.79. The molecule has 0 aliphatic carbocycles. The van der Waals surface area contributed by atoms with Crippen LogP contribution in [0, 0.1) is 0 Å². The fraction of sp³-hybridized carbons (Fsp3) is 0.211. The molecule has 0 spiro atoms. The normalized spacial score (nSPS) is 16.8. The van der Waals surface area contributed by atoms with Crippen molar-refractivity contribution >= 4 is 23.4 Å². The van der Waals surface area contributed by atoms with Gasteiger partial charge >= 0.3 is 0 Å². The van der Waals surface area contributed by atoms with Gasteiger partial charge in [-0.15, -0.1) is 0 Å². The van der Waals surface area contributed by atoms with Crippen molar-refractivity contribution in [3.63, 3.8) is 0 Å². The first kappa shape index (κ1) is 17.6. The van der Waals surface area contributed by atoms with Crippen LogP contribution in [-0.2, 0) is 4.79 Å². The maximum Gasteiger partial charge on any atom is 0.267 e. The SMILES string of the molecule is C=CC=CC=CCCC1Nc2ccc(C=CC(=O)NO)cc2N1C. The van der Waals surface area contributed by atoms with Crippen molar-refractivity contribution in [3.05, 3.63) is 66.8 Å². The van der Waals surface area contributed by atoms with E-state index >= 15 is 0 Å². The molecule has 5 nitrogen and oxygen atoms in total. The Kier molecular flexibility index (Phi) is 6.40. The minimum absolute atomic E-state index is 0.244. The second-order valence-corrected chi connectivity index (χ2v) is 5.48. The first-order valence-corrected chi connectivity index (χ1v) is 7.85. The molecule has 1 unspecified atom stereocenters. The van der Waals surface area contributed by atoms with E-state index in [-0.39, 0.29) is 6.17 Å². The molecule has 0 saturated carbocycles. The summed E-state index contributed by atoms with van der Waals surface area (Å²) < 4.78 is 0. The molecular formula is C19H23N3O2. The van der Waals surface area contributed by atoms with Crippen molar-refractivity contribution in [1.29, 1.82) is 0 Å². The number of rotatable bonds is 7. The van der Waals surface area contributed by atoms with E-state index in [0.29, 0.717) is 0 Å². The molecule has 0 fully saturated rings. The molecule has 1 aromatic rings. The number of hydrogen-bond donors (Lipinski definition) is 3. The Morgan fingerprint density at radius 1 is 1.42 bits per heavy atom. The van der Waals surface area contributed by atoms with E-state index in [1.165, 1.54) is 6.08 Å². The molecule has 0 saturated heterocycles. The number of nitrogens with zero attached hydrogens (tertiary/aromatic N) is 1. The minimum Gasteiger partial charge on any atom is -0.364 e. The van der Waals surface area contributed by atoms with Gasteiger partial charge in [0.15, 0.2) is 0 Å². The topological polar surface area (TPSA) is 64.6 Å². The summed E-state index contributed by atoms with van der Waals surface area (Å²) in [6, 6.07) is 5.96. The van der Waals surface area contributed by atoms with Crippen LogP contribution in [-0.4, -0.2) is 24.3 Å². The minimum atomic E-state index is -0.544. The van der Waals surface area contributed by atoms with Crippen LogP contribution < -0.4 is 15.7 Å². The second kappa shape index (κ2) is 8.74. The highest BCUT2D eigenvalue weighted by molar-refractivity contribution is 5.91. The highest BCUT2D eigenvalue weighted by atomic mass is 16.5. The maximum absolute atomic E-state index is 11.1. The monoisotopic (exact) mass is 325 g/mol. The summed E-state index contributed by atoms with van der Waals surface area (Å²) in [7, 11) is 2.05. The van der Waals surface area contributed by atoms with Gasteiger partial charge in [-0.05, 0) is 36.6 Å². The van der Waals surface area contributed by atoms with E-state index < -0.39 is 5.91 Å². The van der Waals surface area contributed by atoms with Crippen molar-refractivity contribution < 1.29 is 10.0 Å². The number of nitrogens with one attached hydrogen (secondary N) is 2. The lowest BCUT2D eigenvalue weighted by atomic mass is 10.1. The first-order chi connectivity index (χ1) is 11.7. The number of hydroxylamine groups is 1. The van der Waals surface area contributed by atoms with Gasteiger partial charge in [-0.3, -0.25) is 10.0 Å². The van der Waals surface area contributed by atoms with Gasteiger partial charge in [0.2, 0.25) is 0 Å². The van der Waals surface area contributed by atoms with Crippen molar-refractivity contribution in [3.8, 4) is 0 Å². The molecule has 1 heterocycles. The van der Waals surface area contributed by atoms with Crippen molar-refractivity contribution in [1.82, 2.24) is 5.48 Å². The van der Waals surface area contributed by atoms with Crippen LogP contribution in [0.15, 0.2) is 61.2 Å². The van der Waals surface area contributed by atoms with Crippen molar-refractivity contribution in [2.45, 2.75) is 19.0 Å². The largest absolute Gasteiger partial charge is 0.364 e. The lowest BCUT2D eigenvalue weighted by molar-refractivity contribution is -0.124. The molecule has 24 heavy (non-hydrogen) atoms. The number of benzene rings is 1. The van der Waals surface area contributed by atoms with Gasteiger partial charge in [0, 0.05) is 13.1 Å². The predicted molar refractivity (Wildman–Crippen MR) is 98.9 cm³/mol. The molecule has 5 heteroatoms. The van der Waals surface area contributed by atoms with E-state index in [1.807, 2.05) is 36.4 Å². The zero-order valence-corrected chi connectivity index (χ0v) is 13.8. The average molecular weight is 325 g/mol. The molecule has 1 atom stereocenters. The highest BCUT2D eigenvalue weighted by Gasteiger charge is 2.24. The van der Waals surface area contributed by atoms with Crippen LogP contribution in [0.5, 0.6) is 0 Å². The maximum atomic E-state index is 11.1. The Labute approximate surface area is 142 Å². The lowest BCUT2D eigenvalue weighted by Crippen LogP contribution is -2.31. The first-order valence-electron chi connectivity index (χ1n) is 7.85. The molecule has 0 aromatic heterocycles. The smallest absolute Gasteiger partial charge is 0.267 e. The fourth-order valence-electron chi connectivity index (χ4n) is 2.56. The molecule has 1 aliphatic heterocycles. The third kappa shape index (κ3) is 4.60. The van der Waals surface area contributed by atoms with Crippen molar-refractivity contribution in [2.75, 3.05) is 17.3 Å². The van der Waals surface area contributed by atoms with Crippen LogP contribution in [0.1, 0.15) is 18.4 Å². The molecule has 3 N–H and O–H groups in total. The Morgan fingerprint density at radius 3 is 3.00 bits per heavy atom. The number of carbonyl (C=O) groups is 1. The molecule has 2 rings (SSSR count). The molecular weight excluding hydrogens is 302 g/mol. The summed E-state index contributed by atoms with van der Waals surface area (Å²) in [6.07, 6.45) is 15.0. The Bertz CT molecular complexity index is 677. The van der Waals surface area contributed by atoms with Crippen LogP contribution in [0.2, 0.25) is 0 Å². The zero-order valence-electron chi connectivity index (χ0n) is 13.8. The van der Waals surface area contributed by atoms with Gasteiger partial charge in [-0.25, -0.2) is 5.48 Å². The molecule has 1 amide bonds. The summed E-state index contributed by atoms with van der Waals surface area (Å²) in [4.78, 5) is 13.3. The molecule has 126 valence electrons. The van der Waals surface area contributed by atoms with E-state index in [4.69, 9.17) is 5.21 Å². The standard InChI is InChI=1S/C19H23N3O2/c1-3-4-5-6-7-8-9-18-20-16-12-10-15(11-13-19(23)21-24)14-17(16)22(18)2/h3-7,10-14,18,20,24H,1,8-9H2,2H3,(H,21,23).